The predicted octanol–water partition coefficient (Wildman–Crippen LogP) is 5.62. The molecular weight excluding hydrogens is 737 g/mol. The summed E-state index contributed by atoms with van der Waals surface area (Å²) in [4.78, 5) is 80.7. The lowest BCUT2D eigenvalue weighted by molar-refractivity contribution is -0.136. The number of pyridine rings is 1. The van der Waals surface area contributed by atoms with Gasteiger partial charge in [0.25, 0.3) is 17.7 Å². The number of benzene rings is 2. The molecule has 298 valence electrons. The zero-order valence-electron chi connectivity index (χ0n) is 32.2. The molecule has 58 heavy (non-hydrogen) atoms. The van der Waals surface area contributed by atoms with Gasteiger partial charge in [-0.2, -0.15) is 0 Å². The number of hydrogen-bond acceptors (Lipinski definition) is 11. The first kappa shape index (κ1) is 38.4. The number of unbranched alkanes of at least 4 members (excludes halogenated alkanes) is 5. The maximum Gasteiger partial charge on any atom is 0.264 e. The summed E-state index contributed by atoms with van der Waals surface area (Å²) in [7, 11) is 0. The van der Waals surface area contributed by atoms with E-state index >= 15 is 0 Å². The number of nitrogen functional groups attached to an aromatic ring is 1. The molecule has 3 aliphatic rings. The van der Waals surface area contributed by atoms with Crippen LogP contribution in [-0.4, -0.2) is 84.4 Å². The Morgan fingerprint density at radius 3 is 2.45 bits per heavy atom. The highest BCUT2D eigenvalue weighted by Gasteiger charge is 2.45. The Morgan fingerprint density at radius 2 is 1.66 bits per heavy atom. The summed E-state index contributed by atoms with van der Waals surface area (Å²) in [5.41, 5.74) is 10.5. The molecule has 0 spiro atoms. The molecule has 0 saturated carbocycles. The molecule has 6 heterocycles. The number of fused-ring (bicyclic) bond motifs is 2. The lowest BCUT2D eigenvalue weighted by Gasteiger charge is -2.27. The Bertz CT molecular complexity index is 2360. The van der Waals surface area contributed by atoms with E-state index in [9.17, 15) is 24.0 Å². The summed E-state index contributed by atoms with van der Waals surface area (Å²) in [6.07, 6.45) is 13.9. The van der Waals surface area contributed by atoms with Crippen molar-refractivity contribution < 1.29 is 24.0 Å². The fourth-order valence-electron chi connectivity index (χ4n) is 8.35. The average molecular weight is 783 g/mol. The highest BCUT2D eigenvalue weighted by molar-refractivity contribution is 6.25. The molecule has 8 rings (SSSR count). The van der Waals surface area contributed by atoms with E-state index < -0.39 is 29.7 Å². The van der Waals surface area contributed by atoms with E-state index in [1.807, 2.05) is 24.4 Å². The van der Waals surface area contributed by atoms with Crippen LogP contribution in [0.15, 0.2) is 79.3 Å². The van der Waals surface area contributed by atoms with Gasteiger partial charge in [0.05, 0.1) is 17.2 Å². The second-order valence-corrected chi connectivity index (χ2v) is 15.0. The van der Waals surface area contributed by atoms with E-state index in [1.165, 1.54) is 0 Å². The molecule has 0 radical (unpaired) electrons. The van der Waals surface area contributed by atoms with Crippen LogP contribution >= 0.6 is 0 Å². The topological polar surface area (TPSA) is 197 Å². The van der Waals surface area contributed by atoms with Gasteiger partial charge in [-0.3, -0.25) is 43.5 Å². The Morgan fingerprint density at radius 1 is 0.845 bits per heavy atom. The third kappa shape index (κ3) is 7.77. The summed E-state index contributed by atoms with van der Waals surface area (Å²) < 4.78 is 2.07. The van der Waals surface area contributed by atoms with Crippen LogP contribution in [0.4, 0.5) is 17.3 Å². The molecule has 3 aromatic heterocycles. The van der Waals surface area contributed by atoms with Crippen LogP contribution in [0.2, 0.25) is 0 Å². The van der Waals surface area contributed by atoms with Gasteiger partial charge in [-0.15, -0.1) is 0 Å². The molecule has 5 aromatic rings. The van der Waals surface area contributed by atoms with Gasteiger partial charge in [-0.05, 0) is 81.6 Å². The molecule has 1 unspecified atom stereocenters. The first-order valence-corrected chi connectivity index (χ1v) is 20.1. The van der Waals surface area contributed by atoms with Crippen LogP contribution in [0.5, 0.6) is 0 Å². The van der Waals surface area contributed by atoms with Gasteiger partial charge in [0.15, 0.2) is 0 Å². The number of hydrogen-bond donors (Lipinski definition) is 4. The van der Waals surface area contributed by atoms with Gasteiger partial charge < -0.3 is 16.4 Å². The maximum atomic E-state index is 13.4. The Balaban J connectivity index is 0.813. The molecule has 15 heteroatoms. The zero-order valence-corrected chi connectivity index (χ0v) is 32.2. The van der Waals surface area contributed by atoms with Crippen molar-refractivity contribution in [3.8, 4) is 11.3 Å². The smallest absolute Gasteiger partial charge is 0.264 e. The molecule has 5 amide bonds. The molecule has 0 aliphatic carbocycles. The average Bonchev–Trinajstić information content (AvgIpc) is 3.93. The number of nitrogens with one attached hydrogen (secondary N) is 3. The second-order valence-electron chi connectivity index (χ2n) is 15.0. The molecule has 3 aliphatic heterocycles. The summed E-state index contributed by atoms with van der Waals surface area (Å²) in [6, 6.07) is 17.0. The Kier molecular flexibility index (Phi) is 11.2. The highest BCUT2D eigenvalue weighted by atomic mass is 16.2. The van der Waals surface area contributed by atoms with Gasteiger partial charge in [0, 0.05) is 48.4 Å². The van der Waals surface area contributed by atoms with Gasteiger partial charge >= 0.3 is 0 Å². The van der Waals surface area contributed by atoms with E-state index in [4.69, 9.17) is 10.7 Å². The number of anilines is 3. The fourth-order valence-corrected chi connectivity index (χ4v) is 8.35. The van der Waals surface area contributed by atoms with E-state index in [0.29, 0.717) is 29.4 Å². The van der Waals surface area contributed by atoms with Gasteiger partial charge in [0.1, 0.15) is 34.7 Å². The molecule has 2 atom stereocenters. The number of nitrogens with two attached hydrogens (primary N) is 1. The largest absolute Gasteiger partial charge is 0.384 e. The second kappa shape index (κ2) is 16.9. The number of rotatable bonds is 15. The van der Waals surface area contributed by atoms with Crippen molar-refractivity contribution in [2.75, 3.05) is 36.0 Å². The molecule has 2 saturated heterocycles. The number of nitrogens with zero attached hydrogens (tertiary/aromatic N) is 6. The quantitative estimate of drug-likeness (QED) is 0.0760. The summed E-state index contributed by atoms with van der Waals surface area (Å²) in [5.74, 6) is -0.428. The number of aromatic nitrogens is 4. The molecule has 0 bridgehead atoms. The van der Waals surface area contributed by atoms with Crippen LogP contribution in [0.3, 0.4) is 0 Å². The fraction of sp³-hybridized carbons (Fsp3) is 0.349. The highest BCUT2D eigenvalue weighted by Crippen LogP contribution is 2.37. The number of amides is 5. The van der Waals surface area contributed by atoms with Crippen LogP contribution in [-0.2, 0) is 9.59 Å². The predicted molar refractivity (Wildman–Crippen MR) is 218 cm³/mol. The van der Waals surface area contributed by atoms with Crippen LogP contribution in [0.1, 0.15) is 107 Å². The lowest BCUT2D eigenvalue weighted by atomic mass is 10.0. The van der Waals surface area contributed by atoms with Crippen molar-refractivity contribution in [3.05, 3.63) is 102 Å². The van der Waals surface area contributed by atoms with E-state index in [-0.39, 0.29) is 35.9 Å². The van der Waals surface area contributed by atoms with Gasteiger partial charge in [-0.25, -0.2) is 15.0 Å². The van der Waals surface area contributed by atoms with Crippen molar-refractivity contribution in [2.24, 2.45) is 0 Å². The minimum Gasteiger partial charge on any atom is -0.384 e. The molecule has 5 N–H and O–H groups in total. The number of carbonyl (C=O) groups is 5. The number of piperidine rings is 1. The summed E-state index contributed by atoms with van der Waals surface area (Å²) in [5, 5.41) is 8.40. The van der Waals surface area contributed by atoms with Crippen LogP contribution < -0.4 is 21.7 Å². The van der Waals surface area contributed by atoms with E-state index in [1.54, 1.807) is 54.9 Å². The normalized spacial score (nSPS) is 18.2. The first-order valence-electron chi connectivity index (χ1n) is 20.1. The number of likely N-dealkylation sites (tertiary alicyclic amines) is 1. The minimum atomic E-state index is -0.985. The van der Waals surface area contributed by atoms with E-state index in [2.05, 4.69) is 35.2 Å². The molecule has 2 aromatic carbocycles. The third-order valence-corrected chi connectivity index (χ3v) is 11.3. The molecule has 15 nitrogen and oxygen atoms in total. The van der Waals surface area contributed by atoms with Crippen LogP contribution in [0.25, 0.3) is 16.8 Å². The summed E-state index contributed by atoms with van der Waals surface area (Å²) >= 11 is 0. The first-order chi connectivity index (χ1) is 28.3. The van der Waals surface area contributed by atoms with Crippen molar-refractivity contribution >= 4 is 52.4 Å². The number of carbonyl (C=O) groups excluding carboxylic acids is 5. The van der Waals surface area contributed by atoms with Crippen molar-refractivity contribution in [3.63, 3.8) is 0 Å². The molecular formula is C43H46N10O5. The number of imide groups is 2. The van der Waals surface area contributed by atoms with Crippen molar-refractivity contribution in [1.29, 1.82) is 0 Å². The minimum absolute atomic E-state index is 0.0848. The monoisotopic (exact) mass is 782 g/mol. The molecule has 2 fully saturated rings. The summed E-state index contributed by atoms with van der Waals surface area (Å²) in [6.45, 7) is 2.63. The Hall–Kier alpha value is -6.48. The van der Waals surface area contributed by atoms with E-state index in [0.717, 1.165) is 92.0 Å². The third-order valence-electron chi connectivity index (χ3n) is 11.3. The lowest BCUT2D eigenvalue weighted by Crippen LogP contribution is -2.54. The van der Waals surface area contributed by atoms with Gasteiger partial charge in [-0.1, -0.05) is 49.9 Å². The SMILES string of the molecule is Nc1nccn2c([C@@H]3CCCN3CCCCCCCCNc3cccc4c3C(=O)N(C3CCC(=O)NC3=O)C4=O)nc(-c3ccc(C(=O)Nc4ccccn4)cc3)c12. The van der Waals surface area contributed by atoms with Crippen LogP contribution in [0, 0.1) is 0 Å². The maximum absolute atomic E-state index is 13.4. The standard InChI is InChI=1S/C43H46N10O5/c44-38-37-36(27-15-17-28(18-16-27)40(55)48-33-14-5-7-22-46-33)50-39(52(37)26-23-47-38)31-13-10-25-51(31)24-8-4-2-1-3-6-21-45-30-12-9-11-29-35(30)43(58)53(42(29)57)32-19-20-34(54)49-41(32)56/h5,7,9,11-12,14-18,22-23,26,31-32,45H,1-4,6,8,10,13,19-21,24-25H2,(H2,44,47)(H,46,48,55)(H,49,54,56)/t31-,32?/m0/s1. The Labute approximate surface area is 335 Å². The van der Waals surface area contributed by atoms with Gasteiger partial charge in [0.2, 0.25) is 11.8 Å². The van der Waals surface area contributed by atoms with Crippen molar-refractivity contribution in [2.45, 2.75) is 76.3 Å². The zero-order chi connectivity index (χ0) is 40.2. The number of imidazole rings is 1. The van der Waals surface area contributed by atoms with Crippen molar-refractivity contribution in [1.82, 2.24) is 34.5 Å².